The first-order chi connectivity index (χ1) is 14.2. The predicted octanol–water partition coefficient (Wildman–Crippen LogP) is 8.25. The zero-order chi connectivity index (χ0) is 22.7. The van der Waals surface area contributed by atoms with Crippen LogP contribution in [0.2, 0.25) is 0 Å². The molecular weight excluding hydrogens is 376 g/mol. The molecule has 1 heteroatoms. The predicted molar refractivity (Wildman–Crippen MR) is 131 cm³/mol. The molecule has 0 aliphatic heterocycles. The topological polar surface area (TPSA) is 20.2 Å². The molecule has 5 rings (SSSR count). The smallest absolute Gasteiger partial charge is 0.0571 e. The van der Waals surface area contributed by atoms with Crippen molar-refractivity contribution in [3.63, 3.8) is 0 Å². The number of rotatable bonds is 0. The number of aliphatic hydroxyl groups is 1. The Morgan fingerprint density at radius 2 is 1.19 bits per heavy atom. The normalized spacial score (nSPS) is 60.9. The van der Waals surface area contributed by atoms with Gasteiger partial charge in [0, 0.05) is 0 Å². The summed E-state index contributed by atoms with van der Waals surface area (Å²) >= 11 is 0. The van der Waals surface area contributed by atoms with Gasteiger partial charge in [-0.2, -0.15) is 0 Å². The van der Waals surface area contributed by atoms with Crippen LogP contribution in [0.1, 0.15) is 126 Å². The van der Waals surface area contributed by atoms with Gasteiger partial charge in [-0.1, -0.05) is 55.4 Å². The third-order valence-corrected chi connectivity index (χ3v) is 13.9. The first-order valence-electron chi connectivity index (χ1n) is 13.9. The Morgan fingerprint density at radius 3 is 1.90 bits per heavy atom. The highest BCUT2D eigenvalue weighted by atomic mass is 16.3. The molecule has 0 amide bonds. The van der Waals surface area contributed by atoms with Crippen LogP contribution in [-0.4, -0.2) is 11.2 Å². The van der Waals surface area contributed by atoms with Gasteiger partial charge >= 0.3 is 0 Å². The van der Waals surface area contributed by atoms with Gasteiger partial charge in [-0.3, -0.25) is 0 Å². The Labute approximate surface area is 193 Å². The van der Waals surface area contributed by atoms with Crippen LogP contribution in [0.4, 0.5) is 0 Å². The maximum atomic E-state index is 10.7. The van der Waals surface area contributed by atoms with E-state index in [2.05, 4.69) is 55.4 Å². The number of aliphatic hydroxyl groups excluding tert-OH is 1. The molecule has 5 aliphatic rings. The van der Waals surface area contributed by atoms with Crippen molar-refractivity contribution in [2.45, 2.75) is 132 Å². The van der Waals surface area contributed by atoms with Crippen molar-refractivity contribution in [1.29, 1.82) is 0 Å². The van der Waals surface area contributed by atoms with Gasteiger partial charge < -0.3 is 5.11 Å². The van der Waals surface area contributed by atoms with Crippen molar-refractivity contribution in [3.8, 4) is 0 Å². The summed E-state index contributed by atoms with van der Waals surface area (Å²) in [7, 11) is 0. The van der Waals surface area contributed by atoms with Crippen molar-refractivity contribution in [3.05, 3.63) is 0 Å². The van der Waals surface area contributed by atoms with E-state index >= 15 is 0 Å². The summed E-state index contributed by atoms with van der Waals surface area (Å²) < 4.78 is 0. The molecule has 5 fully saturated rings. The average molecular weight is 429 g/mol. The molecule has 5 saturated carbocycles. The Hall–Kier alpha value is -0.0400. The number of hydrogen-bond donors (Lipinski definition) is 1. The van der Waals surface area contributed by atoms with E-state index in [4.69, 9.17) is 0 Å². The zero-order valence-electron chi connectivity index (χ0n) is 22.1. The maximum absolute atomic E-state index is 10.7. The summed E-state index contributed by atoms with van der Waals surface area (Å²) in [6.45, 7) is 20.9. The molecule has 0 aromatic heterocycles. The van der Waals surface area contributed by atoms with E-state index < -0.39 is 0 Å². The molecule has 0 spiro atoms. The molecule has 1 N–H and O–H groups in total. The monoisotopic (exact) mass is 428 g/mol. The van der Waals surface area contributed by atoms with Gasteiger partial charge in [0.25, 0.3) is 0 Å². The molecule has 0 aromatic rings. The molecule has 0 saturated heterocycles. The van der Waals surface area contributed by atoms with Crippen molar-refractivity contribution < 1.29 is 5.11 Å². The van der Waals surface area contributed by atoms with E-state index in [1.807, 2.05) is 0 Å². The van der Waals surface area contributed by atoms with Crippen molar-refractivity contribution in [2.24, 2.45) is 56.2 Å². The average Bonchev–Trinajstić information content (AvgIpc) is 2.69. The van der Waals surface area contributed by atoms with Crippen molar-refractivity contribution in [2.75, 3.05) is 0 Å². The zero-order valence-corrected chi connectivity index (χ0v) is 22.1. The Bertz CT molecular complexity index is 741. The molecule has 10 atom stereocenters. The van der Waals surface area contributed by atoms with Gasteiger partial charge in [0.2, 0.25) is 0 Å². The summed E-state index contributed by atoms with van der Waals surface area (Å²) in [5.41, 5.74) is 2.88. The molecule has 0 aromatic carbocycles. The van der Waals surface area contributed by atoms with Crippen LogP contribution in [0.25, 0.3) is 0 Å². The van der Waals surface area contributed by atoms with E-state index in [0.29, 0.717) is 38.4 Å². The molecule has 0 radical (unpaired) electrons. The second kappa shape index (κ2) is 6.55. The molecule has 1 nitrogen and oxygen atoms in total. The van der Waals surface area contributed by atoms with Crippen LogP contribution < -0.4 is 0 Å². The molecule has 0 bridgehead atoms. The lowest BCUT2D eigenvalue weighted by Crippen LogP contribution is -2.67. The summed E-state index contributed by atoms with van der Waals surface area (Å²) in [4.78, 5) is 0. The summed E-state index contributed by atoms with van der Waals surface area (Å²) in [5.74, 6) is 3.02. The maximum Gasteiger partial charge on any atom is 0.0571 e. The number of hydrogen-bond acceptors (Lipinski definition) is 1. The fourth-order valence-corrected chi connectivity index (χ4v) is 11.4. The molecule has 31 heavy (non-hydrogen) atoms. The standard InChI is InChI=1S/C30H52O/c1-20-21(31)9-10-22-27(20,5)12-11-23-28(22,6)16-18-30(8)24-19-25(2,3)13-14-26(24,4)15-17-29(23,30)7/h20-24,31H,9-19H2,1-8H3/t20-,21+,22+,23+,24-,26+,27+,28+,29+,30-/m0/s1. The van der Waals surface area contributed by atoms with Crippen LogP contribution in [0.3, 0.4) is 0 Å². The van der Waals surface area contributed by atoms with Crippen molar-refractivity contribution >= 4 is 0 Å². The molecule has 5 aliphatic carbocycles. The Balaban J connectivity index is 1.54. The van der Waals surface area contributed by atoms with Gasteiger partial charge in [-0.15, -0.1) is 0 Å². The van der Waals surface area contributed by atoms with E-state index in [9.17, 15) is 5.11 Å². The third-order valence-electron chi connectivity index (χ3n) is 13.9. The second-order valence-electron chi connectivity index (χ2n) is 15.5. The Morgan fingerprint density at radius 1 is 0.581 bits per heavy atom. The SMILES string of the molecule is C[C@H]1[C@H](O)CC[C@@H]2[C@]1(C)CC[C@@H]1[C@]2(C)CC[C@@]2(C)[C@H]3CC(C)(C)CC[C@]3(C)CC[C@]12C. The lowest BCUT2D eigenvalue weighted by molar-refractivity contribution is -0.263. The number of fused-ring (bicyclic) bond motifs is 7. The minimum Gasteiger partial charge on any atom is -0.393 e. The first-order valence-corrected chi connectivity index (χ1v) is 13.9. The van der Waals surface area contributed by atoms with E-state index in [1.165, 1.54) is 64.2 Å². The van der Waals surface area contributed by atoms with Gasteiger partial charge in [-0.05, 0) is 127 Å². The largest absolute Gasteiger partial charge is 0.393 e. The lowest BCUT2D eigenvalue weighted by atomic mass is 9.30. The second-order valence-corrected chi connectivity index (χ2v) is 15.5. The fraction of sp³-hybridized carbons (Fsp3) is 1.00. The minimum absolute atomic E-state index is 0.0781. The highest BCUT2D eigenvalue weighted by Gasteiger charge is 2.70. The molecule has 0 heterocycles. The fourth-order valence-electron chi connectivity index (χ4n) is 11.4. The summed E-state index contributed by atoms with van der Waals surface area (Å²) in [5, 5.41) is 10.7. The Kier molecular flexibility index (Phi) is 4.80. The van der Waals surface area contributed by atoms with Gasteiger partial charge in [-0.25, -0.2) is 0 Å². The van der Waals surface area contributed by atoms with Crippen LogP contribution in [0.15, 0.2) is 0 Å². The third kappa shape index (κ3) is 2.77. The van der Waals surface area contributed by atoms with E-state index in [0.717, 1.165) is 24.2 Å². The highest BCUT2D eigenvalue weighted by molar-refractivity contribution is 5.19. The quantitative estimate of drug-likeness (QED) is 0.412. The van der Waals surface area contributed by atoms with Crippen LogP contribution in [0, 0.1) is 56.2 Å². The van der Waals surface area contributed by atoms with Gasteiger partial charge in [0.1, 0.15) is 0 Å². The van der Waals surface area contributed by atoms with Gasteiger partial charge in [0.05, 0.1) is 6.10 Å². The molecule has 178 valence electrons. The van der Waals surface area contributed by atoms with Crippen LogP contribution in [-0.2, 0) is 0 Å². The first kappa shape index (κ1) is 22.7. The lowest BCUT2D eigenvalue weighted by Gasteiger charge is -2.75. The van der Waals surface area contributed by atoms with Crippen LogP contribution >= 0.6 is 0 Å². The van der Waals surface area contributed by atoms with Crippen molar-refractivity contribution in [1.82, 2.24) is 0 Å². The molecular formula is C30H52O. The molecule has 0 unspecified atom stereocenters. The highest BCUT2D eigenvalue weighted by Crippen LogP contribution is 2.78. The summed E-state index contributed by atoms with van der Waals surface area (Å²) in [6.07, 6.45) is 15.1. The van der Waals surface area contributed by atoms with E-state index in [-0.39, 0.29) is 6.10 Å². The van der Waals surface area contributed by atoms with Crippen LogP contribution in [0.5, 0.6) is 0 Å². The van der Waals surface area contributed by atoms with Gasteiger partial charge in [0.15, 0.2) is 0 Å². The minimum atomic E-state index is -0.0781. The van der Waals surface area contributed by atoms with E-state index in [1.54, 1.807) is 0 Å². The summed E-state index contributed by atoms with van der Waals surface area (Å²) in [6, 6.07) is 0.